The monoisotopic (exact) mass is 324 g/mol. The molecule has 0 aromatic rings. The van der Waals surface area contributed by atoms with Crippen LogP contribution in [0.1, 0.15) is 72.6 Å². The van der Waals surface area contributed by atoms with Crippen molar-refractivity contribution in [1.82, 2.24) is 0 Å². The molecule has 6 atom stereocenters. The molecule has 2 saturated carbocycles. The van der Waals surface area contributed by atoms with E-state index in [0.717, 1.165) is 38.5 Å². The van der Waals surface area contributed by atoms with Gasteiger partial charge in [0.1, 0.15) is 0 Å². The van der Waals surface area contributed by atoms with Gasteiger partial charge in [0, 0.05) is 6.61 Å². The van der Waals surface area contributed by atoms with E-state index in [0.29, 0.717) is 12.3 Å². The molecular weight excluding hydrogens is 288 g/mol. The molecule has 0 heterocycles. The zero-order chi connectivity index (χ0) is 17.5. The summed E-state index contributed by atoms with van der Waals surface area (Å²) in [5, 5.41) is 31.4. The lowest BCUT2D eigenvalue weighted by Crippen LogP contribution is -2.59. The molecule has 3 N–H and O–H groups in total. The minimum atomic E-state index is -0.881. The van der Waals surface area contributed by atoms with Gasteiger partial charge in [-0.3, -0.25) is 0 Å². The molecule has 134 valence electrons. The normalized spacial score (nSPS) is 46.7. The van der Waals surface area contributed by atoms with E-state index in [9.17, 15) is 15.3 Å². The molecule has 0 aliphatic heterocycles. The Kier molecular flexibility index (Phi) is 5.08. The van der Waals surface area contributed by atoms with Crippen molar-refractivity contribution < 1.29 is 15.3 Å². The van der Waals surface area contributed by atoms with E-state index in [1.807, 2.05) is 6.92 Å². The van der Waals surface area contributed by atoms with Crippen molar-refractivity contribution in [3.8, 4) is 0 Å². The number of hydrogen-bond acceptors (Lipinski definition) is 3. The quantitative estimate of drug-likeness (QED) is 0.676. The Bertz CT molecular complexity index is 442. The first-order valence-corrected chi connectivity index (χ1v) is 9.20. The standard InChI is InChI=1S/C20H36O3/c1-6-18(3,22)12-8-16-19(4)11-7-10-17(2,14-21)15(19)9-13-20(16,5)23/h6,15-16,21-23H,1,7-14H2,2-5H3/t15-,16-,17-,18-,19-,20-/m1/s1. The second-order valence-electron chi connectivity index (χ2n) is 9.27. The van der Waals surface area contributed by atoms with Crippen LogP contribution in [0, 0.1) is 22.7 Å². The fourth-order valence-electron chi connectivity index (χ4n) is 5.80. The lowest BCUT2D eigenvalue weighted by molar-refractivity contribution is -0.182. The predicted octanol–water partition coefficient (Wildman–Crippen LogP) is 3.67. The van der Waals surface area contributed by atoms with Crippen molar-refractivity contribution in [1.29, 1.82) is 0 Å². The maximum absolute atomic E-state index is 11.1. The minimum absolute atomic E-state index is 0.0225. The Hall–Kier alpha value is -0.380. The first-order chi connectivity index (χ1) is 10.5. The van der Waals surface area contributed by atoms with Crippen LogP contribution in [-0.4, -0.2) is 33.1 Å². The number of fused-ring (bicyclic) bond motifs is 1. The van der Waals surface area contributed by atoms with Gasteiger partial charge in [0.05, 0.1) is 11.2 Å². The van der Waals surface area contributed by atoms with E-state index in [2.05, 4.69) is 20.4 Å². The zero-order valence-corrected chi connectivity index (χ0v) is 15.4. The molecule has 0 spiro atoms. The number of aliphatic hydroxyl groups excluding tert-OH is 1. The van der Waals surface area contributed by atoms with Gasteiger partial charge in [-0.2, -0.15) is 0 Å². The van der Waals surface area contributed by atoms with E-state index in [4.69, 9.17) is 0 Å². The largest absolute Gasteiger partial charge is 0.396 e. The van der Waals surface area contributed by atoms with Gasteiger partial charge in [-0.25, -0.2) is 0 Å². The van der Waals surface area contributed by atoms with Gasteiger partial charge in [-0.1, -0.05) is 26.3 Å². The highest BCUT2D eigenvalue weighted by atomic mass is 16.3. The Morgan fingerprint density at radius 1 is 1.22 bits per heavy atom. The van der Waals surface area contributed by atoms with Crippen LogP contribution in [0.15, 0.2) is 12.7 Å². The maximum Gasteiger partial charge on any atom is 0.0797 e. The molecule has 0 bridgehead atoms. The number of hydrogen-bond donors (Lipinski definition) is 3. The van der Waals surface area contributed by atoms with Gasteiger partial charge in [0.2, 0.25) is 0 Å². The molecule has 2 fully saturated rings. The third kappa shape index (κ3) is 3.38. The van der Waals surface area contributed by atoms with Crippen molar-refractivity contribution in [3.05, 3.63) is 12.7 Å². The summed E-state index contributed by atoms with van der Waals surface area (Å²) >= 11 is 0. The molecule has 2 aliphatic carbocycles. The lowest BCUT2D eigenvalue weighted by atomic mass is 9.45. The zero-order valence-electron chi connectivity index (χ0n) is 15.4. The first-order valence-electron chi connectivity index (χ1n) is 9.20. The highest BCUT2D eigenvalue weighted by Crippen LogP contribution is 2.63. The molecule has 0 saturated heterocycles. The van der Waals surface area contributed by atoms with Crippen LogP contribution in [0.25, 0.3) is 0 Å². The van der Waals surface area contributed by atoms with Gasteiger partial charge in [-0.05, 0) is 75.0 Å². The molecule has 2 aliphatic rings. The Labute approximate surface area is 141 Å². The van der Waals surface area contributed by atoms with Crippen LogP contribution >= 0.6 is 0 Å². The summed E-state index contributed by atoms with van der Waals surface area (Å²) in [6.07, 6.45) is 8.06. The molecule has 3 heteroatoms. The summed E-state index contributed by atoms with van der Waals surface area (Å²) in [6.45, 7) is 12.2. The number of aliphatic hydroxyl groups is 3. The highest BCUT2D eigenvalue weighted by molar-refractivity contribution is 5.09. The second-order valence-corrected chi connectivity index (χ2v) is 9.27. The van der Waals surface area contributed by atoms with Crippen LogP contribution in [-0.2, 0) is 0 Å². The topological polar surface area (TPSA) is 60.7 Å². The fraction of sp³-hybridized carbons (Fsp3) is 0.900. The summed E-state index contributed by atoms with van der Waals surface area (Å²) in [4.78, 5) is 0. The van der Waals surface area contributed by atoms with E-state index in [1.54, 1.807) is 13.0 Å². The van der Waals surface area contributed by atoms with E-state index in [1.165, 1.54) is 0 Å². The van der Waals surface area contributed by atoms with Crippen LogP contribution in [0.4, 0.5) is 0 Å². The van der Waals surface area contributed by atoms with Crippen molar-refractivity contribution in [2.45, 2.75) is 83.8 Å². The third-order valence-corrected chi connectivity index (χ3v) is 7.33. The van der Waals surface area contributed by atoms with Gasteiger partial charge in [0.15, 0.2) is 0 Å². The molecule has 23 heavy (non-hydrogen) atoms. The average Bonchev–Trinajstić information content (AvgIpc) is 2.45. The Morgan fingerprint density at radius 3 is 2.43 bits per heavy atom. The van der Waals surface area contributed by atoms with Gasteiger partial charge >= 0.3 is 0 Å². The molecule has 0 radical (unpaired) electrons. The SMILES string of the molecule is C=C[C@@](C)(O)CC[C@@H]1[C@]2(C)CCC[C@](C)(CO)[C@H]2CC[C@@]1(C)O. The van der Waals surface area contributed by atoms with Crippen molar-refractivity contribution >= 4 is 0 Å². The van der Waals surface area contributed by atoms with Crippen LogP contribution in [0.3, 0.4) is 0 Å². The molecule has 0 amide bonds. The number of rotatable bonds is 5. The van der Waals surface area contributed by atoms with Crippen LogP contribution < -0.4 is 0 Å². The molecule has 2 rings (SSSR count). The minimum Gasteiger partial charge on any atom is -0.396 e. The van der Waals surface area contributed by atoms with Gasteiger partial charge < -0.3 is 15.3 Å². The first kappa shape index (κ1) is 19.0. The molecule has 0 aromatic heterocycles. The maximum atomic E-state index is 11.1. The Morgan fingerprint density at radius 2 is 1.87 bits per heavy atom. The smallest absolute Gasteiger partial charge is 0.0797 e. The molecule has 3 nitrogen and oxygen atoms in total. The van der Waals surface area contributed by atoms with Crippen LogP contribution in [0.5, 0.6) is 0 Å². The summed E-state index contributed by atoms with van der Waals surface area (Å²) in [7, 11) is 0. The van der Waals surface area contributed by atoms with E-state index < -0.39 is 11.2 Å². The summed E-state index contributed by atoms with van der Waals surface area (Å²) in [5.41, 5.74) is -1.60. The lowest BCUT2D eigenvalue weighted by Gasteiger charge is -2.61. The average molecular weight is 325 g/mol. The molecular formula is C20H36O3. The van der Waals surface area contributed by atoms with Crippen LogP contribution in [0.2, 0.25) is 0 Å². The van der Waals surface area contributed by atoms with Crippen molar-refractivity contribution in [3.63, 3.8) is 0 Å². The summed E-state index contributed by atoms with van der Waals surface area (Å²) in [5.74, 6) is 0.582. The molecule has 0 aromatic carbocycles. The van der Waals surface area contributed by atoms with E-state index >= 15 is 0 Å². The van der Waals surface area contributed by atoms with Gasteiger partial charge in [0.25, 0.3) is 0 Å². The fourth-order valence-corrected chi connectivity index (χ4v) is 5.80. The molecule has 0 unspecified atom stereocenters. The second kappa shape index (κ2) is 6.16. The third-order valence-electron chi connectivity index (χ3n) is 7.33. The summed E-state index contributed by atoms with van der Waals surface area (Å²) < 4.78 is 0. The predicted molar refractivity (Wildman–Crippen MR) is 94.0 cm³/mol. The van der Waals surface area contributed by atoms with Crippen molar-refractivity contribution in [2.24, 2.45) is 22.7 Å². The Balaban J connectivity index is 2.30. The van der Waals surface area contributed by atoms with Gasteiger partial charge in [-0.15, -0.1) is 6.58 Å². The van der Waals surface area contributed by atoms with Crippen molar-refractivity contribution in [2.75, 3.05) is 6.61 Å². The summed E-state index contributed by atoms with van der Waals surface area (Å²) in [6, 6.07) is 0. The van der Waals surface area contributed by atoms with E-state index in [-0.39, 0.29) is 23.4 Å². The highest BCUT2D eigenvalue weighted by Gasteiger charge is 2.58.